The van der Waals surface area contributed by atoms with Gasteiger partial charge in [0.05, 0.1) is 13.7 Å². The Hall–Kier alpha value is -2.21. The van der Waals surface area contributed by atoms with Crippen molar-refractivity contribution in [2.24, 2.45) is 0 Å². The average Bonchev–Trinajstić information content (AvgIpc) is 2.66. The smallest absolute Gasteiger partial charge is 0.258 e. The summed E-state index contributed by atoms with van der Waals surface area (Å²) in [4.78, 5) is 12.2. The quantitative estimate of drug-likeness (QED) is 0.521. The monoisotopic (exact) mass is 449 g/mol. The number of benzene rings is 2. The third-order valence-electron chi connectivity index (χ3n) is 4.25. The van der Waals surface area contributed by atoms with Crippen LogP contribution in [0.2, 0.25) is 0 Å². The SMILES string of the molecule is CCCCOc1ccc(CNC(=O)COc2c(C)cc(Br)cc2C)cc1OC. The molecule has 2 aromatic rings. The summed E-state index contributed by atoms with van der Waals surface area (Å²) in [6, 6.07) is 9.62. The molecule has 0 aliphatic heterocycles. The van der Waals surface area contributed by atoms with Crippen LogP contribution in [-0.4, -0.2) is 26.2 Å². The molecule has 0 unspecified atom stereocenters. The molecule has 0 aliphatic rings. The number of carbonyl (C=O) groups excluding carboxylic acids is 1. The van der Waals surface area contributed by atoms with Crippen molar-refractivity contribution in [2.45, 2.75) is 40.2 Å². The summed E-state index contributed by atoms with van der Waals surface area (Å²) in [5.41, 5.74) is 2.91. The Bertz CT molecular complexity index is 784. The zero-order valence-corrected chi connectivity index (χ0v) is 18.5. The lowest BCUT2D eigenvalue weighted by atomic mass is 10.1. The van der Waals surface area contributed by atoms with Gasteiger partial charge in [-0.2, -0.15) is 0 Å². The van der Waals surface area contributed by atoms with E-state index in [0.29, 0.717) is 18.9 Å². The van der Waals surface area contributed by atoms with Crippen molar-refractivity contribution < 1.29 is 19.0 Å². The highest BCUT2D eigenvalue weighted by Crippen LogP contribution is 2.29. The second-order valence-electron chi connectivity index (χ2n) is 6.62. The fourth-order valence-corrected chi connectivity index (χ4v) is 3.47. The molecule has 0 aromatic heterocycles. The number of carbonyl (C=O) groups is 1. The molecule has 1 amide bonds. The van der Waals surface area contributed by atoms with E-state index in [2.05, 4.69) is 28.2 Å². The molecule has 28 heavy (non-hydrogen) atoms. The van der Waals surface area contributed by atoms with Gasteiger partial charge in [0.1, 0.15) is 5.75 Å². The molecular weight excluding hydrogens is 422 g/mol. The van der Waals surface area contributed by atoms with Gasteiger partial charge in [0.2, 0.25) is 0 Å². The first kappa shape index (κ1) is 22.1. The minimum atomic E-state index is -0.177. The zero-order chi connectivity index (χ0) is 20.5. The van der Waals surface area contributed by atoms with Crippen molar-refractivity contribution in [3.05, 3.63) is 51.5 Å². The maximum Gasteiger partial charge on any atom is 0.258 e. The molecule has 152 valence electrons. The predicted molar refractivity (Wildman–Crippen MR) is 114 cm³/mol. The van der Waals surface area contributed by atoms with Gasteiger partial charge in [-0.15, -0.1) is 0 Å². The topological polar surface area (TPSA) is 56.8 Å². The Morgan fingerprint density at radius 3 is 2.43 bits per heavy atom. The Labute approximate surface area is 175 Å². The van der Waals surface area contributed by atoms with Crippen LogP contribution >= 0.6 is 15.9 Å². The number of ether oxygens (including phenoxy) is 3. The lowest BCUT2D eigenvalue weighted by Crippen LogP contribution is -2.28. The van der Waals surface area contributed by atoms with Gasteiger partial charge in [0, 0.05) is 11.0 Å². The van der Waals surface area contributed by atoms with Crippen molar-refractivity contribution >= 4 is 21.8 Å². The van der Waals surface area contributed by atoms with Gasteiger partial charge in [-0.3, -0.25) is 4.79 Å². The van der Waals surface area contributed by atoms with Crippen molar-refractivity contribution in [1.82, 2.24) is 5.32 Å². The standard InChI is InChI=1S/C22H28BrNO4/c1-5-6-9-27-19-8-7-17(12-20(19)26-4)13-24-21(25)14-28-22-15(2)10-18(23)11-16(22)3/h7-8,10-12H,5-6,9,13-14H2,1-4H3,(H,24,25). The van der Waals surface area contributed by atoms with E-state index in [0.717, 1.165) is 45.5 Å². The predicted octanol–water partition coefficient (Wildman–Crippen LogP) is 4.95. The Kier molecular flexibility index (Phi) is 8.64. The minimum Gasteiger partial charge on any atom is -0.493 e. The van der Waals surface area contributed by atoms with E-state index in [1.165, 1.54) is 0 Å². The van der Waals surface area contributed by atoms with Crippen molar-refractivity contribution in [3.63, 3.8) is 0 Å². The van der Waals surface area contributed by atoms with E-state index in [4.69, 9.17) is 14.2 Å². The lowest BCUT2D eigenvalue weighted by molar-refractivity contribution is -0.123. The van der Waals surface area contributed by atoms with Crippen LogP contribution < -0.4 is 19.5 Å². The minimum absolute atomic E-state index is 0.0291. The Morgan fingerprint density at radius 1 is 1.07 bits per heavy atom. The molecule has 2 aromatic carbocycles. The fraction of sp³-hybridized carbons (Fsp3) is 0.409. The number of unbranched alkanes of at least 4 members (excludes halogenated alkanes) is 1. The van der Waals surface area contributed by atoms with Crippen LogP contribution in [0.4, 0.5) is 0 Å². The lowest BCUT2D eigenvalue weighted by Gasteiger charge is -2.14. The highest BCUT2D eigenvalue weighted by atomic mass is 79.9. The molecule has 2 rings (SSSR count). The normalized spacial score (nSPS) is 10.5. The maximum atomic E-state index is 12.2. The second kappa shape index (κ2) is 11.0. The van der Waals surface area contributed by atoms with Crippen molar-refractivity contribution in [2.75, 3.05) is 20.3 Å². The fourth-order valence-electron chi connectivity index (χ4n) is 2.78. The van der Waals surface area contributed by atoms with E-state index in [1.807, 2.05) is 44.2 Å². The van der Waals surface area contributed by atoms with E-state index in [9.17, 15) is 4.79 Å². The molecular formula is C22H28BrNO4. The molecule has 0 saturated carbocycles. The number of hydrogen-bond acceptors (Lipinski definition) is 4. The molecule has 0 fully saturated rings. The number of amides is 1. The maximum absolute atomic E-state index is 12.2. The van der Waals surface area contributed by atoms with Gasteiger partial charge in [-0.25, -0.2) is 0 Å². The number of halogens is 1. The number of aryl methyl sites for hydroxylation is 2. The van der Waals surface area contributed by atoms with Crippen molar-refractivity contribution in [1.29, 1.82) is 0 Å². The number of hydrogen-bond donors (Lipinski definition) is 1. The number of nitrogens with one attached hydrogen (secondary N) is 1. The van der Waals surface area contributed by atoms with Crippen molar-refractivity contribution in [3.8, 4) is 17.2 Å². The van der Waals surface area contributed by atoms with E-state index in [-0.39, 0.29) is 12.5 Å². The van der Waals surface area contributed by atoms with Gasteiger partial charge in [0.25, 0.3) is 5.91 Å². The molecule has 5 nitrogen and oxygen atoms in total. The van der Waals surface area contributed by atoms with Crippen LogP contribution in [0.1, 0.15) is 36.5 Å². The first-order chi connectivity index (χ1) is 13.4. The summed E-state index contributed by atoms with van der Waals surface area (Å²) in [6.45, 7) is 7.07. The molecule has 1 N–H and O–H groups in total. The van der Waals surface area contributed by atoms with Crippen LogP contribution in [0.5, 0.6) is 17.2 Å². The Balaban J connectivity index is 1.88. The summed E-state index contributed by atoms with van der Waals surface area (Å²) in [7, 11) is 1.61. The molecule has 0 heterocycles. The number of methoxy groups -OCH3 is 1. The Morgan fingerprint density at radius 2 is 1.79 bits per heavy atom. The third-order valence-corrected chi connectivity index (χ3v) is 4.70. The summed E-state index contributed by atoms with van der Waals surface area (Å²) < 4.78 is 17.8. The van der Waals surface area contributed by atoms with Gasteiger partial charge in [-0.05, 0) is 61.2 Å². The molecule has 0 bridgehead atoms. The molecule has 0 atom stereocenters. The van der Waals surface area contributed by atoms with Gasteiger partial charge in [-0.1, -0.05) is 35.3 Å². The summed E-state index contributed by atoms with van der Waals surface area (Å²) in [5, 5.41) is 2.87. The van der Waals surface area contributed by atoms with Gasteiger partial charge < -0.3 is 19.5 Å². The first-order valence-corrected chi connectivity index (χ1v) is 10.2. The van der Waals surface area contributed by atoms with Gasteiger partial charge >= 0.3 is 0 Å². The summed E-state index contributed by atoms with van der Waals surface area (Å²) >= 11 is 3.46. The van der Waals surface area contributed by atoms with Crippen LogP contribution in [0.15, 0.2) is 34.8 Å². The average molecular weight is 450 g/mol. The summed E-state index contributed by atoms with van der Waals surface area (Å²) in [5.74, 6) is 1.95. The van der Waals surface area contributed by atoms with Crippen LogP contribution in [0, 0.1) is 13.8 Å². The summed E-state index contributed by atoms with van der Waals surface area (Å²) in [6.07, 6.45) is 2.08. The van der Waals surface area contributed by atoms with E-state index in [1.54, 1.807) is 7.11 Å². The van der Waals surface area contributed by atoms with E-state index < -0.39 is 0 Å². The van der Waals surface area contributed by atoms with Crippen LogP contribution in [0.3, 0.4) is 0 Å². The molecule has 6 heteroatoms. The largest absolute Gasteiger partial charge is 0.493 e. The third kappa shape index (κ3) is 6.44. The molecule has 0 radical (unpaired) electrons. The molecule has 0 saturated heterocycles. The second-order valence-corrected chi connectivity index (χ2v) is 7.54. The first-order valence-electron chi connectivity index (χ1n) is 9.40. The molecule has 0 aliphatic carbocycles. The van der Waals surface area contributed by atoms with Crippen LogP contribution in [-0.2, 0) is 11.3 Å². The highest BCUT2D eigenvalue weighted by molar-refractivity contribution is 9.10. The molecule has 0 spiro atoms. The zero-order valence-electron chi connectivity index (χ0n) is 16.9. The van der Waals surface area contributed by atoms with Gasteiger partial charge in [0.15, 0.2) is 18.1 Å². The highest BCUT2D eigenvalue weighted by Gasteiger charge is 2.10. The van der Waals surface area contributed by atoms with Crippen LogP contribution in [0.25, 0.3) is 0 Å². The van der Waals surface area contributed by atoms with E-state index >= 15 is 0 Å². The number of rotatable bonds is 10.